The zero-order valence-electron chi connectivity index (χ0n) is 6.70. The lowest BCUT2D eigenvalue weighted by Gasteiger charge is -2.21. The van der Waals surface area contributed by atoms with Crippen LogP contribution in [0.1, 0.15) is 24.7 Å². The van der Waals surface area contributed by atoms with Gasteiger partial charge in [-0.2, -0.15) is 0 Å². The number of aromatic nitrogens is 3. The van der Waals surface area contributed by atoms with E-state index in [4.69, 9.17) is 5.73 Å². The maximum atomic E-state index is 5.62. The number of halogens is 1. The Morgan fingerprint density at radius 1 is 1.67 bits per heavy atom. The third-order valence-corrected chi connectivity index (χ3v) is 2.57. The molecule has 0 amide bonds. The Morgan fingerprint density at radius 3 is 3.25 bits per heavy atom. The first-order valence-corrected chi connectivity index (χ1v) is 4.91. The van der Waals surface area contributed by atoms with E-state index in [2.05, 4.69) is 26.0 Å². The molecule has 1 aliphatic heterocycles. The van der Waals surface area contributed by atoms with E-state index in [9.17, 15) is 0 Å². The number of rotatable bonds is 1. The molecule has 0 bridgehead atoms. The van der Waals surface area contributed by atoms with Gasteiger partial charge in [0.25, 0.3) is 0 Å². The van der Waals surface area contributed by atoms with Crippen LogP contribution >= 0.6 is 15.9 Å². The molecule has 0 saturated heterocycles. The van der Waals surface area contributed by atoms with Crippen molar-refractivity contribution in [2.45, 2.75) is 25.3 Å². The van der Waals surface area contributed by atoms with Crippen molar-refractivity contribution in [3.8, 4) is 0 Å². The molecule has 2 rings (SSSR count). The molecule has 0 fully saturated rings. The monoisotopic (exact) mass is 230 g/mol. The molecule has 5 heteroatoms. The van der Waals surface area contributed by atoms with Gasteiger partial charge in [-0.25, -0.2) is 9.67 Å². The fourth-order valence-electron chi connectivity index (χ4n) is 1.63. The molecule has 1 aromatic rings. The Labute approximate surface area is 79.3 Å². The summed E-state index contributed by atoms with van der Waals surface area (Å²) in [5, 5.41) is 4.25. The molecule has 0 spiro atoms. The minimum absolute atomic E-state index is 0.354. The highest BCUT2D eigenvalue weighted by Gasteiger charge is 2.20. The maximum absolute atomic E-state index is 5.62. The van der Waals surface area contributed by atoms with Crippen LogP contribution in [0.5, 0.6) is 0 Å². The van der Waals surface area contributed by atoms with Crippen LogP contribution in [0.25, 0.3) is 0 Å². The summed E-state index contributed by atoms with van der Waals surface area (Å²) in [5.41, 5.74) is 5.62. The van der Waals surface area contributed by atoms with Crippen LogP contribution in [0.15, 0.2) is 4.73 Å². The van der Waals surface area contributed by atoms with E-state index in [0.29, 0.717) is 17.3 Å². The molecule has 66 valence electrons. The van der Waals surface area contributed by atoms with E-state index in [1.54, 1.807) is 0 Å². The second-order valence-corrected chi connectivity index (χ2v) is 3.73. The smallest absolute Gasteiger partial charge is 0.217 e. The topological polar surface area (TPSA) is 56.7 Å². The van der Waals surface area contributed by atoms with E-state index in [0.717, 1.165) is 18.7 Å². The zero-order valence-corrected chi connectivity index (χ0v) is 8.29. The fourth-order valence-corrected chi connectivity index (χ4v) is 2.00. The molecule has 0 saturated carbocycles. The van der Waals surface area contributed by atoms with Crippen molar-refractivity contribution in [1.82, 2.24) is 14.8 Å². The van der Waals surface area contributed by atoms with Crippen molar-refractivity contribution in [2.75, 3.05) is 6.54 Å². The standard InChI is InChI=1S/C7H11BrN4/c8-7-10-6-3-1-2-5(4-9)12(6)11-7/h5H,1-4,9H2. The maximum Gasteiger partial charge on any atom is 0.217 e. The van der Waals surface area contributed by atoms with Crippen molar-refractivity contribution < 1.29 is 0 Å². The van der Waals surface area contributed by atoms with Crippen molar-refractivity contribution >= 4 is 15.9 Å². The van der Waals surface area contributed by atoms with Gasteiger partial charge in [-0.05, 0) is 28.8 Å². The van der Waals surface area contributed by atoms with Gasteiger partial charge < -0.3 is 5.73 Å². The predicted octanol–water partition coefficient (Wildman–Crippen LogP) is 0.877. The van der Waals surface area contributed by atoms with Crippen molar-refractivity contribution in [3.63, 3.8) is 0 Å². The van der Waals surface area contributed by atoms with Gasteiger partial charge in [0.1, 0.15) is 5.82 Å². The number of fused-ring (bicyclic) bond motifs is 1. The van der Waals surface area contributed by atoms with E-state index in [1.807, 2.05) is 4.68 Å². The second-order valence-electron chi connectivity index (χ2n) is 3.02. The van der Waals surface area contributed by atoms with Gasteiger partial charge >= 0.3 is 0 Å². The number of hydrogen-bond acceptors (Lipinski definition) is 3. The molecular weight excluding hydrogens is 220 g/mol. The van der Waals surface area contributed by atoms with Crippen LogP contribution < -0.4 is 5.73 Å². The average molecular weight is 231 g/mol. The molecule has 2 N–H and O–H groups in total. The Morgan fingerprint density at radius 2 is 2.50 bits per heavy atom. The van der Waals surface area contributed by atoms with Crippen LogP contribution in [-0.4, -0.2) is 21.3 Å². The molecule has 1 unspecified atom stereocenters. The largest absolute Gasteiger partial charge is 0.328 e. The van der Waals surface area contributed by atoms with Crippen LogP contribution in [0.3, 0.4) is 0 Å². The first kappa shape index (κ1) is 8.19. The lowest BCUT2D eigenvalue weighted by molar-refractivity contribution is 0.369. The summed E-state index contributed by atoms with van der Waals surface area (Å²) in [4.78, 5) is 4.26. The van der Waals surface area contributed by atoms with E-state index in [-0.39, 0.29) is 0 Å². The fraction of sp³-hybridized carbons (Fsp3) is 0.714. The van der Waals surface area contributed by atoms with Gasteiger partial charge in [0.2, 0.25) is 4.73 Å². The Kier molecular flexibility index (Phi) is 2.14. The molecule has 2 heterocycles. The van der Waals surface area contributed by atoms with E-state index >= 15 is 0 Å². The molecule has 0 radical (unpaired) electrons. The van der Waals surface area contributed by atoms with Crippen LogP contribution in [0.4, 0.5) is 0 Å². The minimum atomic E-state index is 0.354. The Bertz CT molecular complexity index is 283. The lowest BCUT2D eigenvalue weighted by atomic mass is 10.1. The molecule has 0 aliphatic carbocycles. The third-order valence-electron chi connectivity index (χ3n) is 2.23. The van der Waals surface area contributed by atoms with Crippen LogP contribution in [0, 0.1) is 0 Å². The highest BCUT2D eigenvalue weighted by molar-refractivity contribution is 9.10. The van der Waals surface area contributed by atoms with Gasteiger partial charge in [-0.3, -0.25) is 0 Å². The van der Waals surface area contributed by atoms with Crippen molar-refractivity contribution in [3.05, 3.63) is 10.6 Å². The summed E-state index contributed by atoms with van der Waals surface area (Å²) in [6.45, 7) is 0.656. The summed E-state index contributed by atoms with van der Waals surface area (Å²) >= 11 is 3.27. The molecule has 12 heavy (non-hydrogen) atoms. The lowest BCUT2D eigenvalue weighted by Crippen LogP contribution is -2.25. The van der Waals surface area contributed by atoms with Gasteiger partial charge in [0.15, 0.2) is 0 Å². The molecule has 1 aliphatic rings. The van der Waals surface area contributed by atoms with Gasteiger partial charge in [-0.1, -0.05) is 0 Å². The predicted molar refractivity (Wildman–Crippen MR) is 48.8 cm³/mol. The highest BCUT2D eigenvalue weighted by Crippen LogP contribution is 2.22. The number of nitrogens with two attached hydrogens (primary N) is 1. The SMILES string of the molecule is NCC1CCCc2nc(Br)nn21. The number of aryl methyl sites for hydroxylation is 1. The highest BCUT2D eigenvalue weighted by atomic mass is 79.9. The third kappa shape index (κ3) is 1.27. The van der Waals surface area contributed by atoms with Gasteiger partial charge in [0, 0.05) is 13.0 Å². The Balaban J connectivity index is 2.36. The molecule has 1 aromatic heterocycles. The summed E-state index contributed by atoms with van der Waals surface area (Å²) in [5.74, 6) is 1.06. The molecular formula is C7H11BrN4. The number of nitrogens with zero attached hydrogens (tertiary/aromatic N) is 3. The second kappa shape index (κ2) is 3.14. The van der Waals surface area contributed by atoms with Crippen LogP contribution in [0.2, 0.25) is 0 Å². The summed E-state index contributed by atoms with van der Waals surface area (Å²) in [6, 6.07) is 0.354. The average Bonchev–Trinajstić information content (AvgIpc) is 2.44. The zero-order chi connectivity index (χ0) is 8.55. The summed E-state index contributed by atoms with van der Waals surface area (Å²) in [7, 11) is 0. The first-order valence-electron chi connectivity index (χ1n) is 4.12. The van der Waals surface area contributed by atoms with Gasteiger partial charge in [0.05, 0.1) is 6.04 Å². The normalized spacial score (nSPS) is 22.3. The van der Waals surface area contributed by atoms with Crippen molar-refractivity contribution in [1.29, 1.82) is 0 Å². The van der Waals surface area contributed by atoms with E-state index in [1.165, 1.54) is 6.42 Å². The summed E-state index contributed by atoms with van der Waals surface area (Å²) in [6.07, 6.45) is 3.32. The minimum Gasteiger partial charge on any atom is -0.328 e. The molecule has 1 atom stereocenters. The van der Waals surface area contributed by atoms with Crippen LogP contribution in [-0.2, 0) is 6.42 Å². The molecule has 0 aromatic carbocycles. The first-order chi connectivity index (χ1) is 5.81. The van der Waals surface area contributed by atoms with Crippen molar-refractivity contribution in [2.24, 2.45) is 5.73 Å². The van der Waals surface area contributed by atoms with Gasteiger partial charge in [-0.15, -0.1) is 5.10 Å². The Hall–Kier alpha value is -0.420. The summed E-state index contributed by atoms with van der Waals surface area (Å²) < 4.78 is 2.63. The number of hydrogen-bond donors (Lipinski definition) is 1. The quantitative estimate of drug-likeness (QED) is 0.780. The van der Waals surface area contributed by atoms with E-state index < -0.39 is 0 Å². The molecule has 4 nitrogen and oxygen atoms in total.